The van der Waals surface area contributed by atoms with Crippen LogP contribution >= 0.6 is 24.0 Å². The van der Waals surface area contributed by atoms with Crippen molar-refractivity contribution in [3.8, 4) is 5.75 Å². The number of methoxy groups -OCH3 is 1. The maximum absolute atomic E-state index is 5.79. The molecule has 1 heterocycles. The summed E-state index contributed by atoms with van der Waals surface area (Å²) in [7, 11) is 3.48. The minimum absolute atomic E-state index is 0. The van der Waals surface area contributed by atoms with Gasteiger partial charge in [-0.05, 0) is 23.3 Å². The van der Waals surface area contributed by atoms with Crippen molar-refractivity contribution in [1.29, 1.82) is 0 Å². The fourth-order valence-corrected chi connectivity index (χ4v) is 3.44. The zero-order valence-electron chi connectivity index (χ0n) is 19.0. The van der Waals surface area contributed by atoms with Crippen LogP contribution in [-0.2, 0) is 22.6 Å². The lowest BCUT2D eigenvalue weighted by atomic mass is 10.1. The molecule has 2 aromatic carbocycles. The lowest BCUT2D eigenvalue weighted by Gasteiger charge is -2.27. The number of benzene rings is 2. The van der Waals surface area contributed by atoms with Gasteiger partial charge in [0.15, 0.2) is 5.96 Å². The van der Waals surface area contributed by atoms with Crippen LogP contribution in [-0.4, -0.2) is 64.5 Å². The fraction of sp³-hybridized carbons (Fsp3) is 0.458. The molecule has 0 spiro atoms. The monoisotopic (exact) mass is 554 g/mol. The van der Waals surface area contributed by atoms with Gasteiger partial charge in [-0.3, -0.25) is 9.89 Å². The molecule has 1 aliphatic rings. The van der Waals surface area contributed by atoms with E-state index in [1.807, 2.05) is 24.3 Å². The standard InChI is InChI=1S/C24H34N4O3.HI/c1-25-24(27-22-9-5-10-23(17-22)31-14-6-13-29-2)26-18-20-7-3-4-8-21(20)19-28-11-15-30-16-12-28;/h3-5,7-10,17H,6,11-16,18-19H2,1-2H3,(H2,25,26,27);1H. The third-order valence-electron chi connectivity index (χ3n) is 5.14. The van der Waals surface area contributed by atoms with E-state index in [0.29, 0.717) is 19.8 Å². The number of aliphatic imine (C=N–C) groups is 1. The van der Waals surface area contributed by atoms with Crippen molar-refractivity contribution < 1.29 is 14.2 Å². The van der Waals surface area contributed by atoms with Gasteiger partial charge in [-0.2, -0.15) is 0 Å². The Bertz CT molecular complexity index is 828. The van der Waals surface area contributed by atoms with E-state index in [1.165, 1.54) is 11.1 Å². The molecule has 7 nitrogen and oxygen atoms in total. The van der Waals surface area contributed by atoms with E-state index < -0.39 is 0 Å². The largest absolute Gasteiger partial charge is 0.493 e. The molecule has 32 heavy (non-hydrogen) atoms. The van der Waals surface area contributed by atoms with Gasteiger partial charge in [0.2, 0.25) is 0 Å². The van der Waals surface area contributed by atoms with E-state index >= 15 is 0 Å². The summed E-state index contributed by atoms with van der Waals surface area (Å²) >= 11 is 0. The molecular formula is C24H35IN4O3. The maximum atomic E-state index is 5.79. The molecule has 1 saturated heterocycles. The number of hydrogen-bond donors (Lipinski definition) is 2. The number of morpholine rings is 1. The van der Waals surface area contributed by atoms with Crippen LogP contribution in [0, 0.1) is 0 Å². The number of guanidine groups is 1. The Labute approximate surface area is 208 Å². The van der Waals surface area contributed by atoms with Crippen molar-refractivity contribution in [2.24, 2.45) is 4.99 Å². The van der Waals surface area contributed by atoms with Crippen molar-refractivity contribution in [2.45, 2.75) is 19.5 Å². The zero-order chi connectivity index (χ0) is 21.7. The number of halogens is 1. The van der Waals surface area contributed by atoms with Crippen LogP contribution in [0.25, 0.3) is 0 Å². The smallest absolute Gasteiger partial charge is 0.195 e. The maximum Gasteiger partial charge on any atom is 0.195 e. The first-order valence-electron chi connectivity index (χ1n) is 10.8. The van der Waals surface area contributed by atoms with Crippen molar-refractivity contribution in [3.05, 3.63) is 59.7 Å². The summed E-state index contributed by atoms with van der Waals surface area (Å²) in [4.78, 5) is 6.81. The van der Waals surface area contributed by atoms with Crippen LogP contribution in [0.3, 0.4) is 0 Å². The van der Waals surface area contributed by atoms with Crippen LogP contribution < -0.4 is 15.4 Å². The Morgan fingerprint density at radius 1 is 1.06 bits per heavy atom. The third-order valence-corrected chi connectivity index (χ3v) is 5.14. The highest BCUT2D eigenvalue weighted by Crippen LogP contribution is 2.18. The first kappa shape index (κ1) is 26.4. The minimum Gasteiger partial charge on any atom is -0.493 e. The van der Waals surface area contributed by atoms with Crippen molar-refractivity contribution in [1.82, 2.24) is 10.2 Å². The summed E-state index contributed by atoms with van der Waals surface area (Å²) in [6.07, 6.45) is 0.862. The molecular weight excluding hydrogens is 519 g/mol. The Morgan fingerprint density at radius 3 is 2.59 bits per heavy atom. The van der Waals surface area contributed by atoms with Gasteiger partial charge < -0.3 is 24.8 Å². The van der Waals surface area contributed by atoms with Crippen molar-refractivity contribution in [2.75, 3.05) is 59.0 Å². The van der Waals surface area contributed by atoms with E-state index in [1.54, 1.807) is 14.2 Å². The van der Waals surface area contributed by atoms with Gasteiger partial charge in [-0.25, -0.2) is 0 Å². The predicted octanol–water partition coefficient (Wildman–Crippen LogP) is 3.74. The zero-order valence-corrected chi connectivity index (χ0v) is 21.3. The molecule has 0 bridgehead atoms. The number of rotatable bonds is 10. The highest BCUT2D eigenvalue weighted by molar-refractivity contribution is 14.0. The average molecular weight is 554 g/mol. The number of nitrogens with zero attached hydrogens (tertiary/aromatic N) is 2. The molecule has 8 heteroatoms. The molecule has 0 unspecified atom stereocenters. The first-order valence-corrected chi connectivity index (χ1v) is 10.8. The van der Waals surface area contributed by atoms with Crippen LogP contribution in [0.5, 0.6) is 5.75 Å². The molecule has 0 aromatic heterocycles. The number of ether oxygens (including phenoxy) is 3. The quantitative estimate of drug-likeness (QED) is 0.202. The van der Waals surface area contributed by atoms with Gasteiger partial charge in [0.1, 0.15) is 5.75 Å². The molecule has 0 amide bonds. The minimum atomic E-state index is 0. The fourth-order valence-electron chi connectivity index (χ4n) is 3.44. The number of nitrogens with one attached hydrogen (secondary N) is 2. The van der Waals surface area contributed by atoms with Crippen LogP contribution in [0.2, 0.25) is 0 Å². The lowest BCUT2D eigenvalue weighted by molar-refractivity contribution is 0.0341. The number of anilines is 1. The average Bonchev–Trinajstić information content (AvgIpc) is 2.81. The molecule has 0 atom stereocenters. The molecule has 176 valence electrons. The molecule has 0 saturated carbocycles. The van der Waals surface area contributed by atoms with E-state index in [9.17, 15) is 0 Å². The summed E-state index contributed by atoms with van der Waals surface area (Å²) in [5.74, 6) is 1.55. The van der Waals surface area contributed by atoms with Gasteiger partial charge in [-0.1, -0.05) is 30.3 Å². The van der Waals surface area contributed by atoms with Crippen LogP contribution in [0.4, 0.5) is 5.69 Å². The van der Waals surface area contributed by atoms with Crippen molar-refractivity contribution >= 4 is 35.6 Å². The summed E-state index contributed by atoms with van der Waals surface area (Å²) in [6.45, 7) is 6.55. The SMILES string of the molecule is CN=C(NCc1ccccc1CN1CCOCC1)Nc1cccc(OCCCOC)c1.I. The van der Waals surface area contributed by atoms with Gasteiger partial charge in [0.05, 0.1) is 19.8 Å². The molecule has 1 fully saturated rings. The van der Waals surface area contributed by atoms with Crippen LogP contribution in [0.15, 0.2) is 53.5 Å². The second-order valence-corrected chi connectivity index (χ2v) is 7.43. The van der Waals surface area contributed by atoms with E-state index in [2.05, 4.69) is 44.8 Å². The molecule has 3 rings (SSSR count). The van der Waals surface area contributed by atoms with Gasteiger partial charge in [0, 0.05) is 65.1 Å². The Kier molecular flexibility index (Phi) is 12.4. The summed E-state index contributed by atoms with van der Waals surface area (Å²) in [5, 5.41) is 6.78. The van der Waals surface area contributed by atoms with E-state index in [0.717, 1.165) is 56.7 Å². The van der Waals surface area contributed by atoms with Gasteiger partial charge >= 0.3 is 0 Å². The summed E-state index contributed by atoms with van der Waals surface area (Å²) in [5.41, 5.74) is 3.53. The van der Waals surface area contributed by atoms with E-state index in [-0.39, 0.29) is 24.0 Å². The van der Waals surface area contributed by atoms with Crippen molar-refractivity contribution in [3.63, 3.8) is 0 Å². The second-order valence-electron chi connectivity index (χ2n) is 7.43. The van der Waals surface area contributed by atoms with E-state index in [4.69, 9.17) is 14.2 Å². The Hall–Kier alpha value is -1.88. The first-order chi connectivity index (χ1) is 15.3. The predicted molar refractivity (Wildman–Crippen MR) is 140 cm³/mol. The normalized spacial score (nSPS) is 14.5. The highest BCUT2D eigenvalue weighted by atomic mass is 127. The second kappa shape index (κ2) is 15.0. The summed E-state index contributed by atoms with van der Waals surface area (Å²) in [6, 6.07) is 16.5. The highest BCUT2D eigenvalue weighted by Gasteiger charge is 2.13. The van der Waals surface area contributed by atoms with Gasteiger partial charge in [0.25, 0.3) is 0 Å². The molecule has 1 aliphatic heterocycles. The summed E-state index contributed by atoms with van der Waals surface area (Å²) < 4.78 is 16.3. The molecule has 0 radical (unpaired) electrons. The Balaban J connectivity index is 0.00000363. The number of hydrogen-bond acceptors (Lipinski definition) is 5. The lowest BCUT2D eigenvalue weighted by Crippen LogP contribution is -2.36. The molecule has 2 N–H and O–H groups in total. The van der Waals surface area contributed by atoms with Gasteiger partial charge in [-0.15, -0.1) is 24.0 Å². The topological polar surface area (TPSA) is 67.4 Å². The Morgan fingerprint density at radius 2 is 1.84 bits per heavy atom. The molecule has 0 aliphatic carbocycles. The third kappa shape index (κ3) is 8.93. The van der Waals surface area contributed by atoms with Crippen LogP contribution in [0.1, 0.15) is 17.5 Å². The molecule has 2 aromatic rings.